The Hall–Kier alpha value is -1.84. The minimum atomic E-state index is -0.0177. The van der Waals surface area contributed by atoms with Gasteiger partial charge in [-0.25, -0.2) is 0 Å². The van der Waals surface area contributed by atoms with Gasteiger partial charge in [0.05, 0.1) is 0 Å². The summed E-state index contributed by atoms with van der Waals surface area (Å²) in [6.45, 7) is 4.80. The second kappa shape index (κ2) is 7.97. The maximum atomic E-state index is 12.5. The topological polar surface area (TPSA) is 46.3 Å². The van der Waals surface area contributed by atoms with Crippen molar-refractivity contribution in [3.63, 3.8) is 0 Å². The third-order valence-corrected chi connectivity index (χ3v) is 3.69. The van der Waals surface area contributed by atoms with Crippen molar-refractivity contribution in [3.8, 4) is 0 Å². The predicted octanol–water partition coefficient (Wildman–Crippen LogP) is 3.97. The van der Waals surface area contributed by atoms with Crippen LogP contribution < -0.4 is 10.6 Å². The fraction of sp³-hybridized carbons (Fsp3) is 0.278. The molecule has 0 saturated heterocycles. The molecule has 4 heteroatoms. The maximum Gasteiger partial charge on any atom is 0.258 e. The molecule has 0 saturated carbocycles. The normalized spacial score (nSPS) is 10.2. The largest absolute Gasteiger partial charge is 0.326 e. The summed E-state index contributed by atoms with van der Waals surface area (Å²) in [4.78, 5) is 14.1. The van der Waals surface area contributed by atoms with Crippen LogP contribution in [-0.2, 0) is 6.54 Å². The molecule has 1 amide bonds. The van der Waals surface area contributed by atoms with Crippen molar-refractivity contribution in [3.05, 3.63) is 65.2 Å². The molecule has 2 aromatic rings. The van der Waals surface area contributed by atoms with Gasteiger partial charge < -0.3 is 10.6 Å². The molecule has 22 heavy (non-hydrogen) atoms. The van der Waals surface area contributed by atoms with Crippen LogP contribution in [-0.4, -0.2) is 13.0 Å². The minimum Gasteiger partial charge on any atom is -0.326 e. The van der Waals surface area contributed by atoms with E-state index in [4.69, 9.17) is 5.73 Å². The third kappa shape index (κ3) is 4.09. The average Bonchev–Trinajstić information content (AvgIpc) is 2.53. The second-order valence-corrected chi connectivity index (χ2v) is 5.51. The fourth-order valence-electron chi connectivity index (χ4n) is 2.18. The summed E-state index contributed by atoms with van der Waals surface area (Å²) in [5, 5.41) is 0. The van der Waals surface area contributed by atoms with Crippen LogP contribution in [0.3, 0.4) is 0 Å². The van der Waals surface area contributed by atoms with Gasteiger partial charge in [0, 0.05) is 24.8 Å². The van der Waals surface area contributed by atoms with Gasteiger partial charge in [-0.3, -0.25) is 4.79 Å². The van der Waals surface area contributed by atoms with Crippen molar-refractivity contribution in [2.24, 2.45) is 5.73 Å². The first-order valence-electron chi connectivity index (χ1n) is 7.20. The number of rotatable bonds is 4. The Bertz CT molecular complexity index is 606. The summed E-state index contributed by atoms with van der Waals surface area (Å²) < 4.78 is 0. The third-order valence-electron chi connectivity index (χ3n) is 3.69. The van der Waals surface area contributed by atoms with E-state index in [1.165, 1.54) is 5.56 Å². The van der Waals surface area contributed by atoms with Crippen molar-refractivity contribution in [1.82, 2.24) is 0 Å². The number of hydrogen-bond acceptors (Lipinski definition) is 2. The van der Waals surface area contributed by atoms with Crippen LogP contribution in [0, 0.1) is 0 Å². The molecule has 0 aromatic heterocycles. The molecule has 0 aliphatic rings. The highest BCUT2D eigenvalue weighted by Gasteiger charge is 2.13. The number of nitrogens with zero attached hydrogens (tertiary/aromatic N) is 1. The van der Waals surface area contributed by atoms with E-state index >= 15 is 0 Å². The van der Waals surface area contributed by atoms with Crippen molar-refractivity contribution in [2.75, 3.05) is 11.9 Å². The van der Waals surface area contributed by atoms with Crippen molar-refractivity contribution >= 4 is 24.0 Å². The van der Waals surface area contributed by atoms with Crippen LogP contribution in [0.5, 0.6) is 0 Å². The number of carbonyl (C=O) groups is 1. The number of carbonyl (C=O) groups excluding carboxylic acids is 1. The van der Waals surface area contributed by atoms with E-state index in [-0.39, 0.29) is 18.3 Å². The van der Waals surface area contributed by atoms with E-state index in [1.807, 2.05) is 36.4 Å². The van der Waals surface area contributed by atoms with Gasteiger partial charge in [-0.15, -0.1) is 12.4 Å². The lowest BCUT2D eigenvalue weighted by Crippen LogP contribution is -2.26. The van der Waals surface area contributed by atoms with Gasteiger partial charge in [-0.1, -0.05) is 38.1 Å². The van der Waals surface area contributed by atoms with E-state index in [9.17, 15) is 4.79 Å². The molecule has 0 unspecified atom stereocenters. The van der Waals surface area contributed by atoms with E-state index in [0.717, 1.165) is 11.3 Å². The molecule has 0 aliphatic heterocycles. The Kier molecular flexibility index (Phi) is 6.60. The molecule has 2 aromatic carbocycles. The van der Waals surface area contributed by atoms with Gasteiger partial charge in [-0.05, 0) is 41.3 Å². The zero-order valence-electron chi connectivity index (χ0n) is 13.2. The molecular formula is C18H23ClN2O. The lowest BCUT2D eigenvalue weighted by Gasteiger charge is -2.18. The number of halogens is 1. The SMILES string of the molecule is CC(C)c1ccc(N(C)C(=O)c2ccc(CN)cc2)cc1.Cl. The van der Waals surface area contributed by atoms with Gasteiger partial charge in [-0.2, -0.15) is 0 Å². The average molecular weight is 319 g/mol. The van der Waals surface area contributed by atoms with Crippen LogP contribution in [0.15, 0.2) is 48.5 Å². The smallest absolute Gasteiger partial charge is 0.258 e. The first-order chi connectivity index (χ1) is 10.0. The zero-order valence-corrected chi connectivity index (χ0v) is 14.1. The van der Waals surface area contributed by atoms with Gasteiger partial charge in [0.15, 0.2) is 0 Å². The van der Waals surface area contributed by atoms with Crippen LogP contribution in [0.25, 0.3) is 0 Å². The molecule has 0 heterocycles. The maximum absolute atomic E-state index is 12.5. The van der Waals surface area contributed by atoms with E-state index in [0.29, 0.717) is 18.0 Å². The highest BCUT2D eigenvalue weighted by molar-refractivity contribution is 6.05. The predicted molar refractivity (Wildman–Crippen MR) is 94.8 cm³/mol. The summed E-state index contributed by atoms with van der Waals surface area (Å²) in [6, 6.07) is 15.5. The quantitative estimate of drug-likeness (QED) is 0.927. The first kappa shape index (κ1) is 18.2. The standard InChI is InChI=1S/C18H22N2O.ClH/c1-13(2)15-8-10-17(11-9-15)20(3)18(21)16-6-4-14(12-19)5-7-16;/h4-11,13H,12,19H2,1-3H3;1H. The summed E-state index contributed by atoms with van der Waals surface area (Å²) in [5.41, 5.74) is 9.43. The molecule has 0 fully saturated rings. The van der Waals surface area contributed by atoms with Crippen LogP contribution in [0.1, 0.15) is 41.3 Å². The Balaban J connectivity index is 0.00000242. The summed E-state index contributed by atoms with van der Waals surface area (Å²) in [5.74, 6) is 0.472. The van der Waals surface area contributed by atoms with Gasteiger partial charge in [0.25, 0.3) is 5.91 Å². The lowest BCUT2D eigenvalue weighted by atomic mass is 10.0. The number of hydrogen-bond donors (Lipinski definition) is 1. The molecule has 0 atom stereocenters. The number of nitrogens with two attached hydrogens (primary N) is 1. The van der Waals surface area contributed by atoms with Crippen LogP contribution in [0.2, 0.25) is 0 Å². The molecule has 2 N–H and O–H groups in total. The van der Waals surface area contributed by atoms with Gasteiger partial charge >= 0.3 is 0 Å². The summed E-state index contributed by atoms with van der Waals surface area (Å²) in [6.07, 6.45) is 0. The second-order valence-electron chi connectivity index (χ2n) is 5.51. The van der Waals surface area contributed by atoms with Crippen molar-refractivity contribution in [1.29, 1.82) is 0 Å². The molecule has 0 spiro atoms. The minimum absolute atomic E-state index is 0. The van der Waals surface area contributed by atoms with Crippen molar-refractivity contribution < 1.29 is 4.79 Å². The van der Waals surface area contributed by atoms with Gasteiger partial charge in [0.2, 0.25) is 0 Å². The number of anilines is 1. The first-order valence-corrected chi connectivity index (χ1v) is 7.20. The Labute approximate surface area is 138 Å². The molecule has 0 aliphatic carbocycles. The van der Waals surface area contributed by atoms with Crippen molar-refractivity contribution in [2.45, 2.75) is 26.3 Å². The molecule has 0 bridgehead atoms. The molecule has 2 rings (SSSR count). The molecule has 118 valence electrons. The number of benzene rings is 2. The highest BCUT2D eigenvalue weighted by atomic mass is 35.5. The number of amides is 1. The summed E-state index contributed by atoms with van der Waals surface area (Å²) >= 11 is 0. The molecular weight excluding hydrogens is 296 g/mol. The Morgan fingerprint density at radius 3 is 2.05 bits per heavy atom. The van der Waals surface area contributed by atoms with Crippen LogP contribution >= 0.6 is 12.4 Å². The fourth-order valence-corrected chi connectivity index (χ4v) is 2.18. The van der Waals surface area contributed by atoms with E-state index in [1.54, 1.807) is 11.9 Å². The molecule has 3 nitrogen and oxygen atoms in total. The lowest BCUT2D eigenvalue weighted by molar-refractivity contribution is 0.0993. The van der Waals surface area contributed by atoms with E-state index < -0.39 is 0 Å². The highest BCUT2D eigenvalue weighted by Crippen LogP contribution is 2.20. The van der Waals surface area contributed by atoms with E-state index in [2.05, 4.69) is 26.0 Å². The molecule has 0 radical (unpaired) electrons. The van der Waals surface area contributed by atoms with Crippen LogP contribution in [0.4, 0.5) is 5.69 Å². The zero-order chi connectivity index (χ0) is 15.4. The monoisotopic (exact) mass is 318 g/mol. The van der Waals surface area contributed by atoms with Gasteiger partial charge in [0.1, 0.15) is 0 Å². The Morgan fingerprint density at radius 1 is 1.05 bits per heavy atom. The summed E-state index contributed by atoms with van der Waals surface area (Å²) in [7, 11) is 1.80. The Morgan fingerprint density at radius 2 is 1.59 bits per heavy atom.